The molecule has 0 bridgehead atoms. The Hall–Kier alpha value is -2.65. The molecule has 1 atom stereocenters. The van der Waals surface area contributed by atoms with Crippen LogP contribution in [0.2, 0.25) is 0 Å². The van der Waals surface area contributed by atoms with Crippen molar-refractivity contribution in [3.8, 4) is 23.1 Å². The van der Waals surface area contributed by atoms with Crippen molar-refractivity contribution in [1.82, 2.24) is 15.1 Å². The molecule has 6 nitrogen and oxygen atoms in total. The van der Waals surface area contributed by atoms with Crippen LogP contribution >= 0.6 is 0 Å². The van der Waals surface area contributed by atoms with Gasteiger partial charge >= 0.3 is 0 Å². The van der Waals surface area contributed by atoms with Crippen molar-refractivity contribution < 1.29 is 5.11 Å². The van der Waals surface area contributed by atoms with E-state index in [1.807, 2.05) is 13.0 Å². The first-order chi connectivity index (χ1) is 12.6. The van der Waals surface area contributed by atoms with E-state index in [9.17, 15) is 5.11 Å². The number of hydrogen-bond donors (Lipinski definition) is 1. The molecule has 4 rings (SSSR count). The van der Waals surface area contributed by atoms with Crippen LogP contribution in [0.3, 0.4) is 0 Å². The molecule has 1 saturated heterocycles. The molecule has 2 aromatic rings. The van der Waals surface area contributed by atoms with E-state index >= 15 is 0 Å². The van der Waals surface area contributed by atoms with E-state index in [1.54, 1.807) is 6.07 Å². The van der Waals surface area contributed by atoms with Crippen molar-refractivity contribution in [3.63, 3.8) is 0 Å². The summed E-state index contributed by atoms with van der Waals surface area (Å²) in [6.45, 7) is 5.09. The normalized spacial score (nSPS) is 20.0. The number of nitriles is 1. The van der Waals surface area contributed by atoms with Gasteiger partial charge in [0.1, 0.15) is 5.75 Å². The fourth-order valence-electron chi connectivity index (χ4n) is 4.23. The number of aryl methyl sites for hydroxylation is 1. The minimum Gasteiger partial charge on any atom is -0.507 e. The van der Waals surface area contributed by atoms with Crippen LogP contribution < -0.4 is 4.90 Å². The van der Waals surface area contributed by atoms with Crippen molar-refractivity contribution in [2.24, 2.45) is 0 Å². The number of phenols is 1. The molecule has 3 heterocycles. The van der Waals surface area contributed by atoms with Gasteiger partial charge in [0.25, 0.3) is 0 Å². The van der Waals surface area contributed by atoms with Crippen molar-refractivity contribution in [1.29, 1.82) is 5.26 Å². The zero-order valence-corrected chi connectivity index (χ0v) is 15.2. The van der Waals surface area contributed by atoms with Crippen LogP contribution in [0.1, 0.15) is 29.5 Å². The lowest BCUT2D eigenvalue weighted by molar-refractivity contribution is 0.245. The second-order valence-corrected chi connectivity index (χ2v) is 7.38. The molecular formula is C20H23N5O. The molecule has 26 heavy (non-hydrogen) atoms. The fraction of sp³-hybridized carbons (Fsp3) is 0.450. The number of likely N-dealkylation sites (tertiary alicyclic amines) is 1. The van der Waals surface area contributed by atoms with Crippen LogP contribution in [0.4, 0.5) is 5.82 Å². The molecule has 0 aliphatic carbocycles. The van der Waals surface area contributed by atoms with Crippen molar-refractivity contribution in [3.05, 3.63) is 34.9 Å². The molecule has 2 aliphatic heterocycles. The number of anilines is 1. The molecule has 6 heteroatoms. The fourth-order valence-corrected chi connectivity index (χ4v) is 4.23. The molecule has 1 fully saturated rings. The summed E-state index contributed by atoms with van der Waals surface area (Å²) >= 11 is 0. The number of fused-ring (bicyclic) bond motifs is 1. The molecule has 134 valence electrons. The number of phenolic OH excluding ortho intramolecular Hbond substituents is 1. The molecule has 0 amide bonds. The monoisotopic (exact) mass is 349 g/mol. The van der Waals surface area contributed by atoms with Gasteiger partial charge in [-0.15, -0.1) is 10.2 Å². The van der Waals surface area contributed by atoms with E-state index < -0.39 is 0 Å². The third kappa shape index (κ3) is 2.89. The minimum absolute atomic E-state index is 0.0829. The summed E-state index contributed by atoms with van der Waals surface area (Å²) < 4.78 is 0. The average molecular weight is 349 g/mol. The van der Waals surface area contributed by atoms with E-state index in [0.29, 0.717) is 22.9 Å². The van der Waals surface area contributed by atoms with Crippen LogP contribution in [0.5, 0.6) is 5.75 Å². The van der Waals surface area contributed by atoms with Gasteiger partial charge in [-0.3, -0.25) is 0 Å². The minimum atomic E-state index is 0.0829. The van der Waals surface area contributed by atoms with Crippen molar-refractivity contribution in [2.45, 2.75) is 32.2 Å². The topological polar surface area (TPSA) is 76.3 Å². The number of aromatic nitrogens is 2. The zero-order chi connectivity index (χ0) is 18.3. The maximum absolute atomic E-state index is 10.4. The lowest BCUT2D eigenvalue weighted by Crippen LogP contribution is -2.46. The van der Waals surface area contributed by atoms with Crippen LogP contribution in [0.15, 0.2) is 18.2 Å². The Kier molecular flexibility index (Phi) is 4.25. The van der Waals surface area contributed by atoms with Gasteiger partial charge in [0.15, 0.2) is 5.82 Å². The lowest BCUT2D eigenvalue weighted by atomic mass is 10.0. The Labute approximate surface area is 153 Å². The van der Waals surface area contributed by atoms with E-state index in [0.717, 1.165) is 30.9 Å². The summed E-state index contributed by atoms with van der Waals surface area (Å²) in [5.41, 5.74) is 3.80. The SMILES string of the molecule is Cc1cc(C#N)cc(O)c1-c1cc2c(nn1)N([C@H]1CCCN(C)C1)CC2. The molecule has 1 aromatic carbocycles. The molecule has 0 unspecified atom stereocenters. The number of hydrogen-bond acceptors (Lipinski definition) is 6. The standard InChI is InChI=1S/C20H23N5O/c1-13-8-14(11-21)9-18(26)19(13)17-10-15-5-7-25(20(15)23-22-17)16-4-3-6-24(2)12-16/h8-10,16,26H,3-7,12H2,1-2H3/t16-/m0/s1. The number of piperidine rings is 1. The first-order valence-electron chi connectivity index (χ1n) is 9.12. The summed E-state index contributed by atoms with van der Waals surface area (Å²) in [6, 6.07) is 7.87. The van der Waals surface area contributed by atoms with Gasteiger partial charge in [0, 0.05) is 30.3 Å². The van der Waals surface area contributed by atoms with Gasteiger partial charge in [-0.05, 0) is 63.5 Å². The number of aromatic hydroxyl groups is 1. The number of likely N-dealkylation sites (N-methyl/N-ethyl adjacent to an activating group) is 1. The van der Waals surface area contributed by atoms with Crippen molar-refractivity contribution in [2.75, 3.05) is 31.6 Å². The van der Waals surface area contributed by atoms with Gasteiger partial charge in [-0.2, -0.15) is 5.26 Å². The van der Waals surface area contributed by atoms with E-state index in [4.69, 9.17) is 5.26 Å². The maximum Gasteiger partial charge on any atom is 0.154 e. The third-order valence-electron chi connectivity index (χ3n) is 5.49. The Balaban J connectivity index is 1.66. The Morgan fingerprint density at radius 1 is 1.23 bits per heavy atom. The van der Waals surface area contributed by atoms with Gasteiger partial charge < -0.3 is 14.9 Å². The molecule has 1 N–H and O–H groups in total. The van der Waals surface area contributed by atoms with Gasteiger partial charge in [-0.1, -0.05) is 0 Å². The Bertz CT molecular complexity index is 865. The molecule has 0 radical (unpaired) electrons. The molecule has 2 aliphatic rings. The molecule has 1 aromatic heterocycles. The summed E-state index contributed by atoms with van der Waals surface area (Å²) in [5, 5.41) is 28.3. The van der Waals surface area contributed by atoms with Gasteiger partial charge in [0.2, 0.25) is 0 Å². The van der Waals surface area contributed by atoms with E-state index in [2.05, 4.69) is 33.1 Å². The maximum atomic E-state index is 10.4. The highest BCUT2D eigenvalue weighted by Crippen LogP contribution is 2.36. The van der Waals surface area contributed by atoms with Gasteiger partial charge in [0.05, 0.1) is 17.3 Å². The quantitative estimate of drug-likeness (QED) is 0.898. The predicted molar refractivity (Wildman–Crippen MR) is 100 cm³/mol. The van der Waals surface area contributed by atoms with E-state index in [1.165, 1.54) is 31.0 Å². The average Bonchev–Trinajstić information content (AvgIpc) is 3.04. The molecular weight excluding hydrogens is 326 g/mol. The zero-order valence-electron chi connectivity index (χ0n) is 15.2. The Morgan fingerprint density at radius 2 is 2.08 bits per heavy atom. The number of nitrogens with zero attached hydrogens (tertiary/aromatic N) is 5. The highest BCUT2D eigenvalue weighted by Gasteiger charge is 2.31. The van der Waals surface area contributed by atoms with Crippen molar-refractivity contribution >= 4 is 5.82 Å². The second-order valence-electron chi connectivity index (χ2n) is 7.38. The lowest BCUT2D eigenvalue weighted by Gasteiger charge is -2.36. The first kappa shape index (κ1) is 16.8. The largest absolute Gasteiger partial charge is 0.507 e. The second kappa shape index (κ2) is 6.58. The summed E-state index contributed by atoms with van der Waals surface area (Å²) in [7, 11) is 2.17. The summed E-state index contributed by atoms with van der Waals surface area (Å²) in [4.78, 5) is 4.78. The smallest absolute Gasteiger partial charge is 0.154 e. The summed E-state index contributed by atoms with van der Waals surface area (Å²) in [6.07, 6.45) is 3.37. The number of rotatable bonds is 2. The molecule has 0 spiro atoms. The Morgan fingerprint density at radius 3 is 2.81 bits per heavy atom. The molecule has 0 saturated carbocycles. The predicted octanol–water partition coefficient (Wildman–Crippen LogP) is 2.49. The van der Waals surface area contributed by atoms with Crippen LogP contribution in [0.25, 0.3) is 11.3 Å². The van der Waals surface area contributed by atoms with Crippen LogP contribution in [-0.2, 0) is 6.42 Å². The number of benzene rings is 1. The third-order valence-corrected chi connectivity index (χ3v) is 5.49. The first-order valence-corrected chi connectivity index (χ1v) is 9.12. The van der Waals surface area contributed by atoms with E-state index in [-0.39, 0.29) is 5.75 Å². The van der Waals surface area contributed by atoms with Gasteiger partial charge in [-0.25, -0.2) is 0 Å². The van der Waals surface area contributed by atoms with Crippen LogP contribution in [0, 0.1) is 18.3 Å². The highest BCUT2D eigenvalue weighted by molar-refractivity contribution is 5.73. The van der Waals surface area contributed by atoms with Crippen LogP contribution in [-0.4, -0.2) is 52.9 Å². The highest BCUT2D eigenvalue weighted by atomic mass is 16.3. The summed E-state index contributed by atoms with van der Waals surface area (Å²) in [5.74, 6) is 1.07.